The van der Waals surface area contributed by atoms with Crippen LogP contribution in [0.5, 0.6) is 0 Å². The molecular formula is C13H16N2O2S. The van der Waals surface area contributed by atoms with Crippen molar-refractivity contribution in [1.82, 2.24) is 0 Å². The zero-order chi connectivity index (χ0) is 13.7. The first-order valence-electron chi connectivity index (χ1n) is 5.66. The number of benzene rings is 1. The summed E-state index contributed by atoms with van der Waals surface area (Å²) in [5.74, 6) is -0.329. The van der Waals surface area contributed by atoms with E-state index in [1.807, 2.05) is 19.9 Å². The highest BCUT2D eigenvalue weighted by atomic mass is 32.2. The first-order valence-corrected chi connectivity index (χ1v) is 6.94. The van der Waals surface area contributed by atoms with E-state index in [1.165, 1.54) is 0 Å². The van der Waals surface area contributed by atoms with Crippen molar-refractivity contribution in [1.29, 1.82) is 5.26 Å². The van der Waals surface area contributed by atoms with Crippen molar-refractivity contribution >= 4 is 22.4 Å². The summed E-state index contributed by atoms with van der Waals surface area (Å²) in [5, 5.41) is 10.9. The lowest BCUT2D eigenvalue weighted by Gasteiger charge is -2.14. The van der Waals surface area contributed by atoms with E-state index in [2.05, 4.69) is 5.32 Å². The molecule has 0 aliphatic heterocycles. The van der Waals surface area contributed by atoms with Crippen molar-refractivity contribution < 1.29 is 9.00 Å². The molecule has 0 aromatic heterocycles. The van der Waals surface area contributed by atoms with Crippen LogP contribution in [0.2, 0.25) is 0 Å². The van der Waals surface area contributed by atoms with E-state index in [1.54, 1.807) is 31.2 Å². The molecule has 0 saturated carbocycles. The zero-order valence-electron chi connectivity index (χ0n) is 10.6. The Morgan fingerprint density at radius 1 is 1.33 bits per heavy atom. The summed E-state index contributed by atoms with van der Waals surface area (Å²) in [7, 11) is -1.22. The number of nitriles is 1. The SMILES string of the molecule is CC(C)S(=O)C(C)C(=O)Nc1ccccc1C#N. The molecule has 0 heterocycles. The summed E-state index contributed by atoms with van der Waals surface area (Å²) in [6, 6.07) is 8.74. The normalized spacial score (nSPS) is 13.7. The van der Waals surface area contributed by atoms with Crippen molar-refractivity contribution in [2.24, 2.45) is 0 Å². The topological polar surface area (TPSA) is 70.0 Å². The van der Waals surface area contributed by atoms with Crippen molar-refractivity contribution in [3.8, 4) is 6.07 Å². The molecule has 1 N–H and O–H groups in total. The van der Waals surface area contributed by atoms with E-state index in [0.29, 0.717) is 11.3 Å². The van der Waals surface area contributed by atoms with Crippen LogP contribution < -0.4 is 5.32 Å². The van der Waals surface area contributed by atoms with Gasteiger partial charge in [-0.05, 0) is 19.1 Å². The van der Waals surface area contributed by atoms with Gasteiger partial charge in [0.1, 0.15) is 11.3 Å². The first kappa shape index (κ1) is 14.4. The van der Waals surface area contributed by atoms with Crippen LogP contribution in [0.4, 0.5) is 5.69 Å². The number of nitrogens with one attached hydrogen (secondary N) is 1. The van der Waals surface area contributed by atoms with Gasteiger partial charge in [0.25, 0.3) is 0 Å². The second kappa shape index (κ2) is 6.31. The maximum absolute atomic E-state index is 11.9. The van der Waals surface area contributed by atoms with Crippen LogP contribution in [0, 0.1) is 11.3 Å². The molecule has 2 atom stereocenters. The summed E-state index contributed by atoms with van der Waals surface area (Å²) >= 11 is 0. The van der Waals surface area contributed by atoms with E-state index in [0.717, 1.165) is 0 Å². The highest BCUT2D eigenvalue weighted by Gasteiger charge is 2.22. The number of nitrogens with zero attached hydrogens (tertiary/aromatic N) is 1. The van der Waals surface area contributed by atoms with E-state index in [-0.39, 0.29) is 11.2 Å². The van der Waals surface area contributed by atoms with Gasteiger partial charge in [0.2, 0.25) is 5.91 Å². The standard InChI is InChI=1S/C13H16N2O2S/c1-9(2)18(17)10(3)13(16)15-12-7-5-4-6-11(12)8-14/h4-7,9-10H,1-3H3,(H,15,16). The number of para-hydroxylation sites is 1. The second-order valence-corrected chi connectivity index (χ2v) is 6.47. The fraction of sp³-hybridized carbons (Fsp3) is 0.385. The van der Waals surface area contributed by atoms with Gasteiger partial charge in [0.15, 0.2) is 0 Å². The molecule has 0 saturated heterocycles. The maximum atomic E-state index is 11.9. The molecule has 0 bridgehead atoms. The maximum Gasteiger partial charge on any atom is 0.239 e. The van der Waals surface area contributed by atoms with Crippen LogP contribution in [-0.4, -0.2) is 20.6 Å². The van der Waals surface area contributed by atoms with Gasteiger partial charge < -0.3 is 5.32 Å². The molecule has 5 heteroatoms. The summed E-state index contributed by atoms with van der Waals surface area (Å²) in [4.78, 5) is 11.9. The summed E-state index contributed by atoms with van der Waals surface area (Å²) in [6.07, 6.45) is 0. The number of hydrogen-bond donors (Lipinski definition) is 1. The van der Waals surface area contributed by atoms with Gasteiger partial charge in [-0.15, -0.1) is 0 Å². The Morgan fingerprint density at radius 3 is 2.50 bits per heavy atom. The Bertz CT molecular complexity index is 506. The Hall–Kier alpha value is -1.67. The Kier molecular flexibility index (Phi) is 5.05. The average Bonchev–Trinajstić information content (AvgIpc) is 2.37. The zero-order valence-corrected chi connectivity index (χ0v) is 11.5. The molecule has 1 aromatic carbocycles. The van der Waals surface area contributed by atoms with Crippen LogP contribution in [0.15, 0.2) is 24.3 Å². The first-order chi connectivity index (χ1) is 8.47. The third-order valence-electron chi connectivity index (χ3n) is 2.49. The molecule has 0 aliphatic carbocycles. The number of anilines is 1. The molecular weight excluding hydrogens is 248 g/mol. The fourth-order valence-corrected chi connectivity index (χ4v) is 2.52. The second-order valence-electron chi connectivity index (χ2n) is 4.17. The lowest BCUT2D eigenvalue weighted by atomic mass is 10.2. The van der Waals surface area contributed by atoms with E-state index < -0.39 is 16.0 Å². The minimum Gasteiger partial charge on any atom is -0.324 e. The molecule has 1 rings (SSSR count). The summed E-state index contributed by atoms with van der Waals surface area (Å²) < 4.78 is 11.8. The number of carbonyl (C=O) groups excluding carboxylic acids is 1. The van der Waals surface area contributed by atoms with Crippen molar-refractivity contribution in [2.45, 2.75) is 31.3 Å². The molecule has 4 nitrogen and oxygen atoms in total. The number of hydrogen-bond acceptors (Lipinski definition) is 3. The monoisotopic (exact) mass is 264 g/mol. The highest BCUT2D eigenvalue weighted by Crippen LogP contribution is 2.15. The number of carbonyl (C=O) groups is 1. The lowest BCUT2D eigenvalue weighted by molar-refractivity contribution is -0.115. The van der Waals surface area contributed by atoms with Crippen molar-refractivity contribution in [3.05, 3.63) is 29.8 Å². The van der Waals surface area contributed by atoms with Crippen LogP contribution in [-0.2, 0) is 15.6 Å². The van der Waals surface area contributed by atoms with Gasteiger partial charge in [-0.1, -0.05) is 26.0 Å². The van der Waals surface area contributed by atoms with Crippen LogP contribution >= 0.6 is 0 Å². The van der Waals surface area contributed by atoms with Gasteiger partial charge in [-0.25, -0.2) is 0 Å². The molecule has 0 radical (unpaired) electrons. The largest absolute Gasteiger partial charge is 0.324 e. The van der Waals surface area contributed by atoms with Gasteiger partial charge in [0.05, 0.1) is 11.3 Å². The minimum absolute atomic E-state index is 0.0723. The van der Waals surface area contributed by atoms with Crippen LogP contribution in [0.25, 0.3) is 0 Å². The van der Waals surface area contributed by atoms with E-state index in [4.69, 9.17) is 5.26 Å². The van der Waals surface area contributed by atoms with Crippen LogP contribution in [0.1, 0.15) is 26.3 Å². The lowest BCUT2D eigenvalue weighted by Crippen LogP contribution is -2.32. The number of amides is 1. The van der Waals surface area contributed by atoms with Crippen LogP contribution in [0.3, 0.4) is 0 Å². The summed E-state index contributed by atoms with van der Waals surface area (Å²) in [6.45, 7) is 5.24. The van der Waals surface area contributed by atoms with Crippen molar-refractivity contribution in [3.63, 3.8) is 0 Å². The smallest absolute Gasteiger partial charge is 0.239 e. The average molecular weight is 264 g/mol. The van der Waals surface area contributed by atoms with E-state index in [9.17, 15) is 9.00 Å². The molecule has 2 unspecified atom stereocenters. The molecule has 1 aromatic rings. The predicted molar refractivity (Wildman–Crippen MR) is 72.5 cm³/mol. The minimum atomic E-state index is -1.22. The molecule has 0 spiro atoms. The third-order valence-corrected chi connectivity index (χ3v) is 4.33. The van der Waals surface area contributed by atoms with Gasteiger partial charge >= 0.3 is 0 Å². The summed E-state index contributed by atoms with van der Waals surface area (Å²) in [5.41, 5.74) is 0.853. The molecule has 0 fully saturated rings. The molecule has 18 heavy (non-hydrogen) atoms. The Labute approximate surface area is 109 Å². The Morgan fingerprint density at radius 2 is 1.94 bits per heavy atom. The van der Waals surface area contributed by atoms with Gasteiger partial charge in [0, 0.05) is 16.0 Å². The fourth-order valence-electron chi connectivity index (χ4n) is 1.44. The van der Waals surface area contributed by atoms with Crippen molar-refractivity contribution in [2.75, 3.05) is 5.32 Å². The predicted octanol–water partition coefficient (Wildman–Crippen LogP) is 2.04. The molecule has 0 aliphatic rings. The third kappa shape index (κ3) is 3.41. The van der Waals surface area contributed by atoms with Gasteiger partial charge in [-0.2, -0.15) is 5.26 Å². The quantitative estimate of drug-likeness (QED) is 0.904. The number of rotatable bonds is 4. The van der Waals surface area contributed by atoms with E-state index >= 15 is 0 Å². The van der Waals surface area contributed by atoms with Gasteiger partial charge in [-0.3, -0.25) is 9.00 Å². The molecule has 1 amide bonds. The molecule has 96 valence electrons. The highest BCUT2D eigenvalue weighted by molar-refractivity contribution is 7.87. The Balaban J connectivity index is 2.83.